The highest BCUT2D eigenvalue weighted by molar-refractivity contribution is 6.05. The molecular weight excluding hydrogens is 259 g/mol. The van der Waals surface area contributed by atoms with E-state index in [0.29, 0.717) is 0 Å². The van der Waals surface area contributed by atoms with Gasteiger partial charge in [-0.05, 0) is 38.5 Å². The van der Waals surface area contributed by atoms with Crippen LogP contribution in [0.2, 0.25) is 0 Å². The fraction of sp³-hybridized carbons (Fsp3) is 0.467. The van der Waals surface area contributed by atoms with E-state index in [0.717, 1.165) is 5.56 Å². The number of nitrogens with one attached hydrogen (secondary N) is 1. The van der Waals surface area contributed by atoms with Gasteiger partial charge < -0.3 is 0 Å². The summed E-state index contributed by atoms with van der Waals surface area (Å²) >= 11 is 0. The Morgan fingerprint density at radius 2 is 2.00 bits per heavy atom. The summed E-state index contributed by atoms with van der Waals surface area (Å²) in [5, 5.41) is 3.11. The van der Waals surface area contributed by atoms with E-state index in [1.165, 1.54) is 17.0 Å². The molecule has 1 aliphatic rings. The van der Waals surface area contributed by atoms with Crippen molar-refractivity contribution in [3.8, 4) is 0 Å². The van der Waals surface area contributed by atoms with Crippen molar-refractivity contribution in [2.75, 3.05) is 0 Å². The molecule has 1 N–H and O–H groups in total. The molecule has 1 aromatic carbocycles. The number of hydrogen-bond acceptors (Lipinski definition) is 3. The Balaban J connectivity index is 2.07. The Labute approximate surface area is 118 Å². The molecule has 1 heterocycles. The summed E-state index contributed by atoms with van der Waals surface area (Å²) in [6.07, 6.45) is 0.163. The van der Waals surface area contributed by atoms with Gasteiger partial charge in [-0.15, -0.1) is 0 Å². The predicted molar refractivity (Wildman–Crippen MR) is 73.3 cm³/mol. The number of rotatable bonds is 4. The van der Waals surface area contributed by atoms with E-state index in [1.807, 2.05) is 20.8 Å². The molecule has 0 radical (unpaired) electrons. The number of amides is 2. The predicted octanol–water partition coefficient (Wildman–Crippen LogP) is 2.01. The molecule has 2 amide bonds. The highest BCUT2D eigenvalue weighted by atomic mass is 19.1. The lowest BCUT2D eigenvalue weighted by atomic mass is 10.1. The van der Waals surface area contributed by atoms with Gasteiger partial charge in [-0.2, -0.15) is 0 Å². The Kier molecular flexibility index (Phi) is 4.18. The van der Waals surface area contributed by atoms with Crippen LogP contribution in [0.15, 0.2) is 24.3 Å². The standard InChI is InChI=1S/C15H19FN2O2/c1-9(2)18-14(19)8-13(15(18)20)17-10(3)11-5-4-6-12(16)7-11/h4-7,9-10,13,17H,8H2,1-3H3. The first-order valence-electron chi connectivity index (χ1n) is 6.77. The van der Waals surface area contributed by atoms with Gasteiger partial charge in [0, 0.05) is 12.1 Å². The van der Waals surface area contributed by atoms with Gasteiger partial charge in [0.05, 0.1) is 12.5 Å². The number of halogens is 1. The van der Waals surface area contributed by atoms with Crippen molar-refractivity contribution in [2.45, 2.75) is 45.3 Å². The van der Waals surface area contributed by atoms with Crippen molar-refractivity contribution in [3.63, 3.8) is 0 Å². The molecule has 1 saturated heterocycles. The molecular formula is C15H19FN2O2. The lowest BCUT2D eigenvalue weighted by Crippen LogP contribution is -2.42. The molecule has 1 aliphatic heterocycles. The summed E-state index contributed by atoms with van der Waals surface area (Å²) in [6.45, 7) is 5.48. The first-order valence-corrected chi connectivity index (χ1v) is 6.77. The second-order valence-electron chi connectivity index (χ2n) is 5.40. The van der Waals surface area contributed by atoms with E-state index in [-0.39, 0.29) is 36.1 Å². The van der Waals surface area contributed by atoms with Crippen molar-refractivity contribution >= 4 is 11.8 Å². The molecule has 2 atom stereocenters. The number of benzene rings is 1. The molecule has 108 valence electrons. The van der Waals surface area contributed by atoms with Crippen LogP contribution in [0.25, 0.3) is 0 Å². The summed E-state index contributed by atoms with van der Waals surface area (Å²) in [5.41, 5.74) is 0.758. The summed E-state index contributed by atoms with van der Waals surface area (Å²) in [6, 6.07) is 5.38. The largest absolute Gasteiger partial charge is 0.299 e. The average Bonchev–Trinajstić information content (AvgIpc) is 2.64. The van der Waals surface area contributed by atoms with Gasteiger partial charge in [0.15, 0.2) is 0 Å². The monoisotopic (exact) mass is 278 g/mol. The molecule has 0 aliphatic carbocycles. The van der Waals surface area contributed by atoms with Gasteiger partial charge in [0.1, 0.15) is 5.82 Å². The lowest BCUT2D eigenvalue weighted by Gasteiger charge is -2.21. The quantitative estimate of drug-likeness (QED) is 0.857. The Morgan fingerprint density at radius 1 is 1.30 bits per heavy atom. The Hall–Kier alpha value is -1.75. The van der Waals surface area contributed by atoms with E-state index in [9.17, 15) is 14.0 Å². The minimum atomic E-state index is -0.525. The molecule has 0 aromatic heterocycles. The first kappa shape index (κ1) is 14.7. The molecule has 1 aromatic rings. The SMILES string of the molecule is CC(NC1CC(=O)N(C(C)C)C1=O)c1cccc(F)c1. The van der Waals surface area contributed by atoms with Crippen LogP contribution in [0.5, 0.6) is 0 Å². The molecule has 1 fully saturated rings. The summed E-state index contributed by atoms with van der Waals surface area (Å²) in [7, 11) is 0. The van der Waals surface area contributed by atoms with Crippen molar-refractivity contribution < 1.29 is 14.0 Å². The third-order valence-electron chi connectivity index (χ3n) is 3.50. The number of imide groups is 1. The van der Waals surface area contributed by atoms with Crippen LogP contribution in [0.3, 0.4) is 0 Å². The topological polar surface area (TPSA) is 49.4 Å². The lowest BCUT2D eigenvalue weighted by molar-refractivity contribution is -0.140. The fourth-order valence-corrected chi connectivity index (χ4v) is 2.50. The van der Waals surface area contributed by atoms with Crippen molar-refractivity contribution in [2.24, 2.45) is 0 Å². The van der Waals surface area contributed by atoms with Crippen molar-refractivity contribution in [1.82, 2.24) is 10.2 Å². The zero-order valence-electron chi connectivity index (χ0n) is 11.9. The smallest absolute Gasteiger partial charge is 0.247 e. The highest BCUT2D eigenvalue weighted by Gasteiger charge is 2.40. The van der Waals surface area contributed by atoms with Crippen LogP contribution in [0.4, 0.5) is 4.39 Å². The molecule has 2 rings (SSSR count). The minimum absolute atomic E-state index is 0.133. The summed E-state index contributed by atoms with van der Waals surface area (Å²) in [4.78, 5) is 25.3. The van der Waals surface area contributed by atoms with Crippen molar-refractivity contribution in [1.29, 1.82) is 0 Å². The third-order valence-corrected chi connectivity index (χ3v) is 3.50. The van der Waals surface area contributed by atoms with Gasteiger partial charge in [-0.25, -0.2) is 4.39 Å². The minimum Gasteiger partial charge on any atom is -0.299 e. The maximum absolute atomic E-state index is 13.2. The molecule has 0 bridgehead atoms. The third kappa shape index (κ3) is 2.88. The second kappa shape index (κ2) is 5.71. The number of hydrogen-bond donors (Lipinski definition) is 1. The Morgan fingerprint density at radius 3 is 2.55 bits per heavy atom. The molecule has 20 heavy (non-hydrogen) atoms. The van der Waals surface area contributed by atoms with Crippen molar-refractivity contribution in [3.05, 3.63) is 35.6 Å². The number of nitrogens with zero attached hydrogens (tertiary/aromatic N) is 1. The van der Waals surface area contributed by atoms with E-state index >= 15 is 0 Å². The summed E-state index contributed by atoms with van der Waals surface area (Å²) in [5.74, 6) is -0.670. The first-order chi connectivity index (χ1) is 9.40. The van der Waals surface area contributed by atoms with Crippen LogP contribution < -0.4 is 5.32 Å². The fourth-order valence-electron chi connectivity index (χ4n) is 2.50. The van der Waals surface area contributed by atoms with Crippen LogP contribution in [-0.4, -0.2) is 28.8 Å². The van der Waals surface area contributed by atoms with E-state index in [4.69, 9.17) is 0 Å². The molecule has 0 saturated carbocycles. The number of carbonyl (C=O) groups excluding carboxylic acids is 2. The van der Waals surface area contributed by atoms with Gasteiger partial charge in [0.2, 0.25) is 11.8 Å². The average molecular weight is 278 g/mol. The van der Waals surface area contributed by atoms with Crippen LogP contribution in [-0.2, 0) is 9.59 Å². The molecule has 2 unspecified atom stereocenters. The maximum Gasteiger partial charge on any atom is 0.247 e. The van der Waals surface area contributed by atoms with Gasteiger partial charge >= 0.3 is 0 Å². The highest BCUT2D eigenvalue weighted by Crippen LogP contribution is 2.20. The van der Waals surface area contributed by atoms with E-state index < -0.39 is 6.04 Å². The van der Waals surface area contributed by atoms with E-state index in [2.05, 4.69) is 5.32 Å². The van der Waals surface area contributed by atoms with Gasteiger partial charge in [0.25, 0.3) is 0 Å². The van der Waals surface area contributed by atoms with Crippen LogP contribution in [0.1, 0.15) is 38.8 Å². The van der Waals surface area contributed by atoms with Crippen LogP contribution >= 0.6 is 0 Å². The van der Waals surface area contributed by atoms with Gasteiger partial charge in [-0.3, -0.25) is 19.8 Å². The molecule has 4 nitrogen and oxygen atoms in total. The zero-order valence-corrected chi connectivity index (χ0v) is 11.9. The Bertz CT molecular complexity index is 530. The number of carbonyl (C=O) groups is 2. The van der Waals surface area contributed by atoms with E-state index in [1.54, 1.807) is 12.1 Å². The van der Waals surface area contributed by atoms with Gasteiger partial charge in [-0.1, -0.05) is 12.1 Å². The molecule has 0 spiro atoms. The molecule has 5 heteroatoms. The summed E-state index contributed by atoms with van der Waals surface area (Å²) < 4.78 is 13.2. The normalized spacial score (nSPS) is 20.9. The number of likely N-dealkylation sites (tertiary alicyclic amines) is 1. The zero-order chi connectivity index (χ0) is 14.9. The second-order valence-corrected chi connectivity index (χ2v) is 5.40. The van der Waals surface area contributed by atoms with Crippen LogP contribution in [0, 0.1) is 5.82 Å². The maximum atomic E-state index is 13.2.